The van der Waals surface area contributed by atoms with Crippen LogP contribution in [0.1, 0.15) is 0 Å². The first-order valence-electron chi connectivity index (χ1n) is 5.93. The zero-order chi connectivity index (χ0) is 15.2. The second-order valence-corrected chi connectivity index (χ2v) is 4.05. The third-order valence-electron chi connectivity index (χ3n) is 2.43. The van der Waals surface area contributed by atoms with Crippen LogP contribution in [-0.2, 0) is 0 Å². The van der Waals surface area contributed by atoms with E-state index in [-0.39, 0.29) is 0 Å². The molecule has 0 bridgehead atoms. The smallest absolute Gasteiger partial charge is 0.308 e. The first kappa shape index (κ1) is 14.4. The lowest BCUT2D eigenvalue weighted by atomic mass is 10.3. The molecule has 0 aliphatic carbocycles. The third kappa shape index (κ3) is 4.57. The van der Waals surface area contributed by atoms with E-state index in [2.05, 4.69) is 10.6 Å². The second kappa shape index (κ2) is 6.47. The van der Waals surface area contributed by atoms with Gasteiger partial charge in [0.25, 0.3) is 0 Å². The molecule has 0 fully saturated rings. The Morgan fingerprint density at radius 2 is 1.00 bits per heavy atom. The number of imide groups is 1. The van der Waals surface area contributed by atoms with Gasteiger partial charge in [0.1, 0.15) is 11.6 Å². The number of anilines is 2. The Labute approximate surface area is 119 Å². The monoisotopic (exact) mass is 291 g/mol. The molecule has 0 aliphatic rings. The van der Waals surface area contributed by atoms with Crippen molar-refractivity contribution in [2.45, 2.75) is 0 Å². The highest BCUT2D eigenvalue weighted by molar-refractivity contribution is 6.05. The molecule has 7 heteroatoms. The standard InChI is InChI=1S/C14H11F2N3O2/c15-9-1-5-11(6-2-9)17-13(20)19-14(21)18-12-7-3-10(16)4-8-12/h1-8H,(H3,17,18,19,20,21). The van der Waals surface area contributed by atoms with Crippen LogP contribution in [0.2, 0.25) is 0 Å². The predicted molar refractivity (Wildman–Crippen MR) is 74.0 cm³/mol. The van der Waals surface area contributed by atoms with Gasteiger partial charge >= 0.3 is 12.1 Å². The summed E-state index contributed by atoms with van der Waals surface area (Å²) in [6, 6.07) is 8.56. The normalized spacial score (nSPS) is 9.81. The topological polar surface area (TPSA) is 70.2 Å². The minimum Gasteiger partial charge on any atom is -0.308 e. The highest BCUT2D eigenvalue weighted by Gasteiger charge is 2.08. The zero-order valence-corrected chi connectivity index (χ0v) is 10.7. The van der Waals surface area contributed by atoms with E-state index >= 15 is 0 Å². The molecule has 0 atom stereocenters. The summed E-state index contributed by atoms with van der Waals surface area (Å²) >= 11 is 0. The molecular weight excluding hydrogens is 280 g/mol. The van der Waals surface area contributed by atoms with E-state index in [0.717, 1.165) is 0 Å². The number of urea groups is 2. The van der Waals surface area contributed by atoms with Gasteiger partial charge in [-0.15, -0.1) is 0 Å². The van der Waals surface area contributed by atoms with Crippen LogP contribution in [0.15, 0.2) is 48.5 Å². The van der Waals surface area contributed by atoms with Crippen LogP contribution >= 0.6 is 0 Å². The van der Waals surface area contributed by atoms with Crippen molar-refractivity contribution in [3.05, 3.63) is 60.2 Å². The van der Waals surface area contributed by atoms with Crippen molar-refractivity contribution >= 4 is 23.4 Å². The molecule has 0 spiro atoms. The summed E-state index contributed by atoms with van der Waals surface area (Å²) < 4.78 is 25.4. The van der Waals surface area contributed by atoms with Crippen molar-refractivity contribution in [2.75, 3.05) is 10.6 Å². The lowest BCUT2D eigenvalue weighted by Gasteiger charge is -2.08. The molecule has 5 nitrogen and oxygen atoms in total. The summed E-state index contributed by atoms with van der Waals surface area (Å²) in [7, 11) is 0. The Morgan fingerprint density at radius 3 is 1.33 bits per heavy atom. The Balaban J connectivity index is 1.85. The number of nitrogens with one attached hydrogen (secondary N) is 3. The summed E-state index contributed by atoms with van der Waals surface area (Å²) in [5, 5.41) is 6.73. The van der Waals surface area contributed by atoms with Gasteiger partial charge in [-0.05, 0) is 48.5 Å². The summed E-state index contributed by atoms with van der Waals surface area (Å²) in [4.78, 5) is 23.0. The maximum atomic E-state index is 12.7. The molecule has 4 amide bonds. The molecule has 3 N–H and O–H groups in total. The Morgan fingerprint density at radius 1 is 0.667 bits per heavy atom. The van der Waals surface area contributed by atoms with Gasteiger partial charge in [0.2, 0.25) is 0 Å². The fraction of sp³-hybridized carbons (Fsp3) is 0. The molecule has 0 radical (unpaired) electrons. The fourth-order valence-corrected chi connectivity index (χ4v) is 1.49. The molecule has 0 saturated carbocycles. The first-order chi connectivity index (χ1) is 10.0. The zero-order valence-electron chi connectivity index (χ0n) is 10.7. The largest absolute Gasteiger partial charge is 0.327 e. The minimum atomic E-state index is -0.777. The van der Waals surface area contributed by atoms with Gasteiger partial charge in [0.05, 0.1) is 0 Å². The first-order valence-corrected chi connectivity index (χ1v) is 5.93. The van der Waals surface area contributed by atoms with Gasteiger partial charge < -0.3 is 10.6 Å². The van der Waals surface area contributed by atoms with Crippen molar-refractivity contribution < 1.29 is 18.4 Å². The van der Waals surface area contributed by atoms with Gasteiger partial charge in [0.15, 0.2) is 0 Å². The third-order valence-corrected chi connectivity index (χ3v) is 2.43. The van der Waals surface area contributed by atoms with E-state index in [9.17, 15) is 18.4 Å². The van der Waals surface area contributed by atoms with Crippen molar-refractivity contribution in [3.63, 3.8) is 0 Å². The quantitative estimate of drug-likeness (QED) is 0.794. The molecule has 2 aromatic rings. The lowest BCUT2D eigenvalue weighted by Crippen LogP contribution is -2.37. The molecular formula is C14H11F2N3O2. The Kier molecular flexibility index (Phi) is 4.45. The maximum Gasteiger partial charge on any atom is 0.327 e. The number of benzene rings is 2. The number of carbonyl (C=O) groups is 2. The van der Waals surface area contributed by atoms with E-state index in [4.69, 9.17) is 0 Å². The molecule has 21 heavy (non-hydrogen) atoms. The number of amides is 4. The minimum absolute atomic E-state index is 0.337. The average molecular weight is 291 g/mol. The number of rotatable bonds is 2. The number of hydrogen-bond donors (Lipinski definition) is 3. The number of hydrogen-bond acceptors (Lipinski definition) is 2. The van der Waals surface area contributed by atoms with Crippen LogP contribution in [0.25, 0.3) is 0 Å². The van der Waals surface area contributed by atoms with Crippen LogP contribution in [0.3, 0.4) is 0 Å². The second-order valence-electron chi connectivity index (χ2n) is 4.05. The van der Waals surface area contributed by atoms with Crippen LogP contribution in [0, 0.1) is 11.6 Å². The molecule has 0 aliphatic heterocycles. The van der Waals surface area contributed by atoms with Crippen LogP contribution in [0.4, 0.5) is 29.7 Å². The molecule has 0 aromatic heterocycles. The van der Waals surface area contributed by atoms with E-state index in [1.165, 1.54) is 48.5 Å². The molecule has 0 unspecified atom stereocenters. The van der Waals surface area contributed by atoms with E-state index in [1.807, 2.05) is 5.32 Å². The van der Waals surface area contributed by atoms with Gasteiger partial charge in [-0.3, -0.25) is 5.32 Å². The summed E-state index contributed by atoms with van der Waals surface area (Å²) in [5.41, 5.74) is 0.673. The molecule has 0 heterocycles. The van der Waals surface area contributed by atoms with Crippen LogP contribution in [-0.4, -0.2) is 12.1 Å². The van der Waals surface area contributed by atoms with Gasteiger partial charge in [0, 0.05) is 11.4 Å². The predicted octanol–water partition coefficient (Wildman–Crippen LogP) is 3.32. The average Bonchev–Trinajstić information content (AvgIpc) is 2.44. The van der Waals surface area contributed by atoms with Crippen molar-refractivity contribution in [2.24, 2.45) is 0 Å². The van der Waals surface area contributed by atoms with Crippen LogP contribution < -0.4 is 16.0 Å². The SMILES string of the molecule is O=C(NC(=O)Nc1ccc(F)cc1)Nc1ccc(F)cc1. The molecule has 2 aromatic carbocycles. The van der Waals surface area contributed by atoms with Gasteiger partial charge in [-0.1, -0.05) is 0 Å². The fourth-order valence-electron chi connectivity index (χ4n) is 1.49. The van der Waals surface area contributed by atoms with Gasteiger partial charge in [-0.25, -0.2) is 18.4 Å². The number of halogens is 2. The highest BCUT2D eigenvalue weighted by Crippen LogP contribution is 2.09. The maximum absolute atomic E-state index is 12.7. The van der Waals surface area contributed by atoms with Crippen molar-refractivity contribution in [3.8, 4) is 0 Å². The molecule has 108 valence electrons. The highest BCUT2D eigenvalue weighted by atomic mass is 19.1. The molecule has 2 rings (SSSR count). The van der Waals surface area contributed by atoms with E-state index in [0.29, 0.717) is 11.4 Å². The van der Waals surface area contributed by atoms with Gasteiger partial charge in [-0.2, -0.15) is 0 Å². The molecule has 0 saturated heterocycles. The summed E-state index contributed by atoms with van der Waals surface area (Å²) in [6.45, 7) is 0. The lowest BCUT2D eigenvalue weighted by molar-refractivity contribution is 0.240. The van der Waals surface area contributed by atoms with E-state index < -0.39 is 23.7 Å². The van der Waals surface area contributed by atoms with Crippen molar-refractivity contribution in [1.82, 2.24) is 5.32 Å². The van der Waals surface area contributed by atoms with Crippen molar-refractivity contribution in [1.29, 1.82) is 0 Å². The summed E-state index contributed by atoms with van der Waals surface area (Å²) in [6.07, 6.45) is 0. The summed E-state index contributed by atoms with van der Waals surface area (Å²) in [5.74, 6) is -0.870. The number of carbonyl (C=O) groups excluding carboxylic acids is 2. The Bertz CT molecular complexity index is 585. The van der Waals surface area contributed by atoms with Crippen LogP contribution in [0.5, 0.6) is 0 Å². The Hall–Kier alpha value is -2.96. The van der Waals surface area contributed by atoms with E-state index in [1.54, 1.807) is 0 Å².